The van der Waals surface area contributed by atoms with Gasteiger partial charge < -0.3 is 0 Å². The van der Waals surface area contributed by atoms with E-state index in [0.717, 1.165) is 5.56 Å². The lowest BCUT2D eigenvalue weighted by molar-refractivity contribution is 0.682. The topological polar surface area (TPSA) is 40.9 Å². The van der Waals surface area contributed by atoms with Crippen molar-refractivity contribution in [2.75, 3.05) is 0 Å². The zero-order chi connectivity index (χ0) is 13.8. The Morgan fingerprint density at radius 1 is 1.11 bits per heavy atom. The smallest absolute Gasteiger partial charge is 0.0991 e. The number of hydrogen-bond donors (Lipinski definition) is 0. The molecule has 5 heteroatoms. The number of rotatable bonds is 3. The van der Waals surface area contributed by atoms with Crippen LogP contribution >= 0.6 is 23.2 Å². The third kappa shape index (κ3) is 3.36. The number of halogens is 2. The molecule has 2 rings (SSSR count). The number of nitrogens with zero attached hydrogens (tertiary/aromatic N) is 1. The van der Waals surface area contributed by atoms with Crippen LogP contribution < -0.4 is 0 Å². The van der Waals surface area contributed by atoms with Gasteiger partial charge in [-0.2, -0.15) is 5.26 Å². The van der Waals surface area contributed by atoms with E-state index in [9.17, 15) is 4.21 Å². The highest BCUT2D eigenvalue weighted by atomic mass is 35.5. The first-order valence-corrected chi connectivity index (χ1v) is 7.50. The lowest BCUT2D eigenvalue weighted by Crippen LogP contribution is -1.98. The summed E-state index contributed by atoms with van der Waals surface area (Å²) >= 11 is 12.0. The molecule has 0 aromatic heterocycles. The zero-order valence-corrected chi connectivity index (χ0v) is 12.1. The summed E-state index contributed by atoms with van der Waals surface area (Å²) in [6.45, 7) is 0. The molecular weight excluding hydrogens is 301 g/mol. The molecule has 2 nitrogen and oxygen atoms in total. The minimum Gasteiger partial charge on any atom is -0.254 e. The van der Waals surface area contributed by atoms with E-state index in [0.29, 0.717) is 20.5 Å². The number of nitriles is 1. The van der Waals surface area contributed by atoms with Crippen LogP contribution in [0.15, 0.2) is 47.4 Å². The largest absolute Gasteiger partial charge is 0.254 e. The highest BCUT2D eigenvalue weighted by molar-refractivity contribution is 7.84. The van der Waals surface area contributed by atoms with Gasteiger partial charge in [-0.1, -0.05) is 41.4 Å². The van der Waals surface area contributed by atoms with Crippen LogP contribution in [0.2, 0.25) is 10.0 Å². The molecule has 0 saturated carbocycles. The first-order chi connectivity index (χ1) is 9.11. The van der Waals surface area contributed by atoms with Crippen molar-refractivity contribution in [1.82, 2.24) is 0 Å². The highest BCUT2D eigenvalue weighted by Gasteiger charge is 2.13. The molecular formula is C14H9Cl2NOS. The van der Waals surface area contributed by atoms with Crippen molar-refractivity contribution in [1.29, 1.82) is 5.26 Å². The Balaban J connectivity index is 2.29. The van der Waals surface area contributed by atoms with Gasteiger partial charge in [0.2, 0.25) is 0 Å². The van der Waals surface area contributed by atoms with Crippen molar-refractivity contribution in [3.05, 3.63) is 63.6 Å². The summed E-state index contributed by atoms with van der Waals surface area (Å²) in [5.74, 6) is 0.277. The van der Waals surface area contributed by atoms with Gasteiger partial charge in [-0.3, -0.25) is 4.21 Å². The molecule has 0 fully saturated rings. The van der Waals surface area contributed by atoms with Crippen molar-refractivity contribution in [3.8, 4) is 6.07 Å². The Hall–Kier alpha value is -1.34. The van der Waals surface area contributed by atoms with Gasteiger partial charge in [0.1, 0.15) is 0 Å². The van der Waals surface area contributed by atoms with E-state index in [4.69, 9.17) is 28.5 Å². The fraction of sp³-hybridized carbons (Fsp3) is 0.0714. The van der Waals surface area contributed by atoms with E-state index in [1.807, 2.05) is 6.07 Å². The second kappa shape index (κ2) is 6.21. The molecule has 19 heavy (non-hydrogen) atoms. The Morgan fingerprint density at radius 3 is 2.37 bits per heavy atom. The van der Waals surface area contributed by atoms with Gasteiger partial charge in [0.05, 0.1) is 43.1 Å². The molecule has 0 aliphatic rings. The maximum atomic E-state index is 12.3. The third-order valence-electron chi connectivity index (χ3n) is 2.50. The molecule has 1 atom stereocenters. The van der Waals surface area contributed by atoms with Gasteiger partial charge in [-0.05, 0) is 29.8 Å². The predicted molar refractivity (Wildman–Crippen MR) is 77.7 cm³/mol. The van der Waals surface area contributed by atoms with E-state index < -0.39 is 10.8 Å². The molecule has 0 bridgehead atoms. The molecule has 0 radical (unpaired) electrons. The molecule has 2 aromatic carbocycles. The molecule has 0 saturated heterocycles. The SMILES string of the molecule is N#Cc1cccc(CS(=O)c2c(Cl)cccc2Cl)c1. The molecule has 1 unspecified atom stereocenters. The average molecular weight is 310 g/mol. The van der Waals surface area contributed by atoms with E-state index >= 15 is 0 Å². The maximum Gasteiger partial charge on any atom is 0.0991 e. The van der Waals surface area contributed by atoms with Gasteiger partial charge in [-0.25, -0.2) is 0 Å². The van der Waals surface area contributed by atoms with Crippen LogP contribution in [0.25, 0.3) is 0 Å². The zero-order valence-electron chi connectivity index (χ0n) is 9.77. The fourth-order valence-corrected chi connectivity index (χ4v) is 3.77. The van der Waals surface area contributed by atoms with Crippen LogP contribution in [0.1, 0.15) is 11.1 Å². The predicted octanol–water partition coefficient (Wildman–Crippen LogP) is 4.17. The molecule has 0 aliphatic heterocycles. The van der Waals surface area contributed by atoms with Crippen LogP contribution in [0.3, 0.4) is 0 Å². The van der Waals surface area contributed by atoms with Crippen LogP contribution in [0.5, 0.6) is 0 Å². The van der Waals surface area contributed by atoms with E-state index in [2.05, 4.69) is 6.07 Å². The van der Waals surface area contributed by atoms with Gasteiger partial charge in [-0.15, -0.1) is 0 Å². The molecule has 2 aromatic rings. The summed E-state index contributed by atoms with van der Waals surface area (Å²) in [5, 5.41) is 9.62. The Morgan fingerprint density at radius 2 is 1.74 bits per heavy atom. The Bertz CT molecular complexity index is 659. The summed E-state index contributed by atoms with van der Waals surface area (Å²) in [6.07, 6.45) is 0. The second-order valence-corrected chi connectivity index (χ2v) is 6.06. The van der Waals surface area contributed by atoms with Crippen molar-refractivity contribution in [2.45, 2.75) is 10.6 Å². The van der Waals surface area contributed by atoms with Crippen molar-refractivity contribution in [3.63, 3.8) is 0 Å². The lowest BCUT2D eigenvalue weighted by atomic mass is 10.2. The van der Waals surface area contributed by atoms with Crippen molar-refractivity contribution < 1.29 is 4.21 Å². The maximum absolute atomic E-state index is 12.3. The summed E-state index contributed by atoms with van der Waals surface area (Å²) < 4.78 is 12.3. The summed E-state index contributed by atoms with van der Waals surface area (Å²) in [4.78, 5) is 0.438. The highest BCUT2D eigenvalue weighted by Crippen LogP contribution is 2.29. The summed E-state index contributed by atoms with van der Waals surface area (Å²) in [7, 11) is -1.34. The second-order valence-electron chi connectivity index (χ2n) is 3.85. The van der Waals surface area contributed by atoms with Gasteiger partial charge in [0.15, 0.2) is 0 Å². The molecule has 96 valence electrons. The van der Waals surface area contributed by atoms with Crippen molar-refractivity contribution >= 4 is 34.0 Å². The first kappa shape index (κ1) is 14.1. The van der Waals surface area contributed by atoms with E-state index in [-0.39, 0.29) is 5.75 Å². The lowest BCUT2D eigenvalue weighted by Gasteiger charge is -2.07. The number of benzene rings is 2. The standard InChI is InChI=1S/C14H9Cl2NOS/c15-12-5-2-6-13(16)14(12)19(18)9-11-4-1-3-10(7-11)8-17/h1-7H,9H2. The van der Waals surface area contributed by atoms with Crippen LogP contribution in [-0.2, 0) is 16.6 Å². The average Bonchev–Trinajstić information content (AvgIpc) is 2.38. The van der Waals surface area contributed by atoms with E-state index in [1.165, 1.54) is 0 Å². The minimum atomic E-state index is -1.34. The van der Waals surface area contributed by atoms with E-state index in [1.54, 1.807) is 36.4 Å². The summed E-state index contributed by atoms with van der Waals surface area (Å²) in [5.41, 5.74) is 1.35. The fourth-order valence-electron chi connectivity index (χ4n) is 1.65. The first-order valence-electron chi connectivity index (χ1n) is 5.43. The Kier molecular flexibility index (Phi) is 4.60. The van der Waals surface area contributed by atoms with Gasteiger partial charge >= 0.3 is 0 Å². The normalized spacial score (nSPS) is 11.8. The van der Waals surface area contributed by atoms with Crippen LogP contribution in [-0.4, -0.2) is 4.21 Å². The van der Waals surface area contributed by atoms with Crippen LogP contribution in [0.4, 0.5) is 0 Å². The molecule has 0 amide bonds. The minimum absolute atomic E-state index is 0.277. The Labute approximate surface area is 124 Å². The quantitative estimate of drug-likeness (QED) is 0.853. The van der Waals surface area contributed by atoms with Crippen LogP contribution in [0, 0.1) is 11.3 Å². The molecule has 0 heterocycles. The molecule has 0 N–H and O–H groups in total. The van der Waals surface area contributed by atoms with Crippen molar-refractivity contribution in [2.24, 2.45) is 0 Å². The third-order valence-corrected chi connectivity index (χ3v) is 4.85. The molecule has 0 spiro atoms. The van der Waals surface area contributed by atoms with Gasteiger partial charge in [0.25, 0.3) is 0 Å². The molecule has 0 aliphatic carbocycles. The number of hydrogen-bond acceptors (Lipinski definition) is 2. The summed E-state index contributed by atoms with van der Waals surface area (Å²) in [6, 6.07) is 14.1. The monoisotopic (exact) mass is 309 g/mol. The van der Waals surface area contributed by atoms with Gasteiger partial charge in [0, 0.05) is 0 Å².